The van der Waals surface area contributed by atoms with Crippen LogP contribution in [0.3, 0.4) is 0 Å². The molecular weight excluding hydrogens is 280 g/mol. The SMILES string of the molecule is O=C(COc1ccc(F)c(F)c1)Nc1[nH]ncc1C1CC1. The number of rotatable bonds is 5. The highest BCUT2D eigenvalue weighted by atomic mass is 19.2. The van der Waals surface area contributed by atoms with Crippen molar-refractivity contribution in [3.63, 3.8) is 0 Å². The van der Waals surface area contributed by atoms with Gasteiger partial charge in [-0.05, 0) is 30.9 Å². The van der Waals surface area contributed by atoms with Crippen LogP contribution >= 0.6 is 0 Å². The van der Waals surface area contributed by atoms with Gasteiger partial charge in [-0.3, -0.25) is 9.89 Å². The van der Waals surface area contributed by atoms with Crippen molar-refractivity contribution in [3.8, 4) is 5.75 Å². The molecule has 1 heterocycles. The number of anilines is 1. The fourth-order valence-electron chi connectivity index (χ4n) is 1.99. The lowest BCUT2D eigenvalue weighted by atomic mass is 10.2. The standard InChI is InChI=1S/C14H13F2N3O2/c15-11-4-3-9(5-12(11)16)21-7-13(20)18-14-10(6-17-19-14)8-1-2-8/h3-6,8H,1-2,7H2,(H2,17,18,19,20). The van der Waals surface area contributed by atoms with Crippen LogP contribution in [0.5, 0.6) is 5.75 Å². The van der Waals surface area contributed by atoms with Crippen LogP contribution in [-0.4, -0.2) is 22.7 Å². The molecular formula is C14H13F2N3O2. The van der Waals surface area contributed by atoms with Crippen molar-refractivity contribution >= 4 is 11.7 Å². The molecule has 1 aromatic heterocycles. The van der Waals surface area contributed by atoms with Crippen molar-refractivity contribution in [1.29, 1.82) is 0 Å². The fourth-order valence-corrected chi connectivity index (χ4v) is 1.99. The number of hydrogen-bond donors (Lipinski definition) is 2. The maximum Gasteiger partial charge on any atom is 0.263 e. The van der Waals surface area contributed by atoms with Gasteiger partial charge in [0, 0.05) is 11.6 Å². The second kappa shape index (κ2) is 5.51. The van der Waals surface area contributed by atoms with E-state index in [4.69, 9.17) is 4.74 Å². The van der Waals surface area contributed by atoms with E-state index in [2.05, 4.69) is 15.5 Å². The number of aromatic nitrogens is 2. The van der Waals surface area contributed by atoms with E-state index in [0.717, 1.165) is 30.5 Å². The van der Waals surface area contributed by atoms with E-state index in [1.165, 1.54) is 6.07 Å². The Balaban J connectivity index is 1.56. The summed E-state index contributed by atoms with van der Waals surface area (Å²) >= 11 is 0. The lowest BCUT2D eigenvalue weighted by Crippen LogP contribution is -2.21. The molecule has 0 bridgehead atoms. The van der Waals surface area contributed by atoms with Crippen molar-refractivity contribution in [1.82, 2.24) is 10.2 Å². The minimum atomic E-state index is -1.02. The number of halogens is 2. The van der Waals surface area contributed by atoms with Crippen LogP contribution < -0.4 is 10.1 Å². The smallest absolute Gasteiger partial charge is 0.263 e. The summed E-state index contributed by atoms with van der Waals surface area (Å²) < 4.78 is 30.9. The Morgan fingerprint density at radius 3 is 2.90 bits per heavy atom. The van der Waals surface area contributed by atoms with E-state index < -0.39 is 17.5 Å². The van der Waals surface area contributed by atoms with Crippen molar-refractivity contribution in [2.45, 2.75) is 18.8 Å². The summed E-state index contributed by atoms with van der Waals surface area (Å²) in [6.45, 7) is -0.297. The first-order valence-corrected chi connectivity index (χ1v) is 6.54. The summed E-state index contributed by atoms with van der Waals surface area (Å²) in [6.07, 6.45) is 3.88. The number of nitrogens with zero attached hydrogens (tertiary/aromatic N) is 1. The van der Waals surface area contributed by atoms with Crippen molar-refractivity contribution in [3.05, 3.63) is 41.6 Å². The Hall–Kier alpha value is -2.44. The molecule has 3 rings (SSSR count). The van der Waals surface area contributed by atoms with Gasteiger partial charge in [0.1, 0.15) is 11.6 Å². The van der Waals surface area contributed by atoms with Gasteiger partial charge in [-0.15, -0.1) is 0 Å². The first-order chi connectivity index (χ1) is 10.1. The Bertz CT molecular complexity index is 668. The van der Waals surface area contributed by atoms with E-state index in [0.29, 0.717) is 11.7 Å². The van der Waals surface area contributed by atoms with Crippen LogP contribution in [0.25, 0.3) is 0 Å². The fraction of sp³-hybridized carbons (Fsp3) is 0.286. The zero-order chi connectivity index (χ0) is 14.8. The van der Waals surface area contributed by atoms with Crippen molar-refractivity contribution < 1.29 is 18.3 Å². The third-order valence-electron chi connectivity index (χ3n) is 3.21. The monoisotopic (exact) mass is 293 g/mol. The van der Waals surface area contributed by atoms with Gasteiger partial charge < -0.3 is 10.1 Å². The number of carbonyl (C=O) groups is 1. The lowest BCUT2D eigenvalue weighted by Gasteiger charge is -2.07. The number of nitrogens with one attached hydrogen (secondary N) is 2. The van der Waals surface area contributed by atoms with Crippen LogP contribution in [0, 0.1) is 11.6 Å². The molecule has 0 unspecified atom stereocenters. The first kappa shape index (κ1) is 13.5. The minimum absolute atomic E-state index is 0.0936. The van der Waals surface area contributed by atoms with Gasteiger partial charge in [-0.1, -0.05) is 0 Å². The molecule has 0 saturated heterocycles. The molecule has 7 heteroatoms. The van der Waals surface area contributed by atoms with Crippen LogP contribution in [0.2, 0.25) is 0 Å². The zero-order valence-corrected chi connectivity index (χ0v) is 11.0. The molecule has 21 heavy (non-hydrogen) atoms. The van der Waals surface area contributed by atoms with Gasteiger partial charge in [-0.25, -0.2) is 8.78 Å². The predicted molar refractivity (Wildman–Crippen MR) is 71.0 cm³/mol. The summed E-state index contributed by atoms with van der Waals surface area (Å²) in [6, 6.07) is 3.11. The molecule has 1 fully saturated rings. The third-order valence-corrected chi connectivity index (χ3v) is 3.21. The lowest BCUT2D eigenvalue weighted by molar-refractivity contribution is -0.118. The minimum Gasteiger partial charge on any atom is -0.484 e. The number of aromatic amines is 1. The number of H-pyrrole nitrogens is 1. The summed E-state index contributed by atoms with van der Waals surface area (Å²) in [5.41, 5.74) is 0.983. The molecule has 1 saturated carbocycles. The summed E-state index contributed by atoms with van der Waals surface area (Å²) in [4.78, 5) is 11.8. The molecule has 110 valence electrons. The topological polar surface area (TPSA) is 67.0 Å². The Kier molecular flexibility index (Phi) is 3.55. The first-order valence-electron chi connectivity index (χ1n) is 6.54. The highest BCUT2D eigenvalue weighted by Crippen LogP contribution is 2.42. The van der Waals surface area contributed by atoms with Gasteiger partial charge in [-0.2, -0.15) is 5.10 Å². The van der Waals surface area contributed by atoms with Gasteiger partial charge in [0.25, 0.3) is 5.91 Å². The predicted octanol–water partition coefficient (Wildman–Crippen LogP) is 2.58. The Morgan fingerprint density at radius 2 is 2.19 bits per heavy atom. The zero-order valence-electron chi connectivity index (χ0n) is 11.0. The van der Waals surface area contributed by atoms with Gasteiger partial charge in [0.05, 0.1) is 6.20 Å². The van der Waals surface area contributed by atoms with Crippen LogP contribution in [0.4, 0.5) is 14.6 Å². The molecule has 2 aromatic rings. The number of hydrogen-bond acceptors (Lipinski definition) is 3. The number of carbonyl (C=O) groups excluding carboxylic acids is 1. The largest absolute Gasteiger partial charge is 0.484 e. The van der Waals surface area contributed by atoms with Crippen LogP contribution in [0.1, 0.15) is 24.3 Å². The van der Waals surface area contributed by atoms with E-state index in [9.17, 15) is 13.6 Å². The quantitative estimate of drug-likeness (QED) is 0.890. The van der Waals surface area contributed by atoms with Crippen LogP contribution in [0.15, 0.2) is 24.4 Å². The number of ether oxygens (including phenoxy) is 1. The molecule has 1 aromatic carbocycles. The number of amides is 1. The van der Waals surface area contributed by atoms with Crippen molar-refractivity contribution in [2.75, 3.05) is 11.9 Å². The summed E-state index contributed by atoms with van der Waals surface area (Å²) in [5, 5.41) is 9.29. The maximum atomic E-state index is 13.0. The summed E-state index contributed by atoms with van der Waals surface area (Å²) in [5.74, 6) is -1.26. The molecule has 0 radical (unpaired) electrons. The molecule has 0 atom stereocenters. The maximum absolute atomic E-state index is 13.0. The highest BCUT2D eigenvalue weighted by molar-refractivity contribution is 5.91. The second-order valence-electron chi connectivity index (χ2n) is 4.89. The van der Waals surface area contributed by atoms with Gasteiger partial charge in [0.2, 0.25) is 0 Å². The van der Waals surface area contributed by atoms with E-state index in [1.807, 2.05) is 0 Å². The molecule has 0 spiro atoms. The molecule has 2 N–H and O–H groups in total. The Labute approximate surface area is 119 Å². The van der Waals surface area contributed by atoms with E-state index in [-0.39, 0.29) is 12.4 Å². The van der Waals surface area contributed by atoms with Gasteiger partial charge in [0.15, 0.2) is 18.2 Å². The molecule has 5 nitrogen and oxygen atoms in total. The van der Waals surface area contributed by atoms with E-state index in [1.54, 1.807) is 6.20 Å². The van der Waals surface area contributed by atoms with Gasteiger partial charge >= 0.3 is 0 Å². The highest BCUT2D eigenvalue weighted by Gasteiger charge is 2.28. The van der Waals surface area contributed by atoms with Crippen molar-refractivity contribution in [2.24, 2.45) is 0 Å². The average molecular weight is 293 g/mol. The molecule has 1 aliphatic carbocycles. The Morgan fingerprint density at radius 1 is 1.38 bits per heavy atom. The third kappa shape index (κ3) is 3.18. The second-order valence-corrected chi connectivity index (χ2v) is 4.89. The normalized spacial score (nSPS) is 14.0. The summed E-state index contributed by atoms with van der Waals surface area (Å²) in [7, 11) is 0. The molecule has 0 aliphatic heterocycles. The molecule has 1 amide bonds. The van der Waals surface area contributed by atoms with E-state index >= 15 is 0 Å². The van der Waals surface area contributed by atoms with Crippen LogP contribution in [-0.2, 0) is 4.79 Å². The number of benzene rings is 1. The average Bonchev–Trinajstić information content (AvgIpc) is 3.21. The molecule has 1 aliphatic rings.